The van der Waals surface area contributed by atoms with E-state index in [4.69, 9.17) is 4.74 Å². The van der Waals surface area contributed by atoms with Crippen molar-refractivity contribution in [3.05, 3.63) is 42.0 Å². The quantitative estimate of drug-likeness (QED) is 0.911. The lowest BCUT2D eigenvalue weighted by molar-refractivity contribution is 0.0721. The third-order valence-electron chi connectivity index (χ3n) is 4.16. The van der Waals surface area contributed by atoms with Crippen LogP contribution in [0.25, 0.3) is 5.69 Å². The normalized spacial score (nSPS) is 17.2. The number of hydrogen-bond donors (Lipinski definition) is 1. The minimum absolute atomic E-state index is 0.0000836. The molecular weight excluding hydrogens is 313 g/mol. The van der Waals surface area contributed by atoms with Crippen molar-refractivity contribution in [2.45, 2.75) is 13.3 Å². The number of benzene rings is 1. The Morgan fingerprint density at radius 2 is 2.21 bits per heavy atom. The molecule has 1 aliphatic rings. The fraction of sp³-hybridized carbons (Fsp3) is 0.412. The van der Waals surface area contributed by atoms with Crippen LogP contribution in [0.1, 0.15) is 23.8 Å². The Bertz CT molecular complexity index is 708. The average Bonchev–Trinajstić information content (AvgIpc) is 3.22. The molecule has 1 N–H and O–H groups in total. The van der Waals surface area contributed by atoms with Crippen molar-refractivity contribution in [2.24, 2.45) is 5.92 Å². The van der Waals surface area contributed by atoms with Crippen LogP contribution in [0.5, 0.6) is 5.75 Å². The Kier molecular flexibility index (Phi) is 4.80. The van der Waals surface area contributed by atoms with Crippen molar-refractivity contribution < 1.29 is 19.0 Å². The second-order valence-corrected chi connectivity index (χ2v) is 5.86. The van der Waals surface area contributed by atoms with E-state index < -0.39 is 0 Å². The monoisotopic (exact) mass is 333 g/mol. The highest BCUT2D eigenvalue weighted by Gasteiger charge is 2.26. The van der Waals surface area contributed by atoms with Gasteiger partial charge in [-0.15, -0.1) is 0 Å². The molecule has 1 fully saturated rings. The zero-order chi connectivity index (χ0) is 17.1. The Morgan fingerprint density at radius 3 is 2.83 bits per heavy atom. The summed E-state index contributed by atoms with van der Waals surface area (Å²) in [5.74, 6) is -0.550. The molecule has 1 atom stereocenters. The average molecular weight is 333 g/mol. The number of ether oxygens (including phenoxy) is 1. The first-order valence-electron chi connectivity index (χ1n) is 8.00. The van der Waals surface area contributed by atoms with Crippen LogP contribution in [0, 0.1) is 11.7 Å². The number of rotatable bonds is 5. The van der Waals surface area contributed by atoms with Crippen LogP contribution in [0.3, 0.4) is 0 Å². The molecule has 0 spiro atoms. The third kappa shape index (κ3) is 3.41. The van der Waals surface area contributed by atoms with Crippen LogP contribution in [0.2, 0.25) is 0 Å². The minimum atomic E-state index is -0.359. The molecule has 24 heavy (non-hydrogen) atoms. The number of amides is 1. The summed E-state index contributed by atoms with van der Waals surface area (Å²) in [6, 6.07) is 5.66. The van der Waals surface area contributed by atoms with E-state index in [2.05, 4.69) is 5.10 Å². The van der Waals surface area contributed by atoms with Crippen molar-refractivity contribution in [2.75, 3.05) is 26.3 Å². The minimum Gasteiger partial charge on any atom is -0.504 e. The van der Waals surface area contributed by atoms with Crippen molar-refractivity contribution in [1.29, 1.82) is 0 Å². The maximum absolute atomic E-state index is 13.0. The Balaban J connectivity index is 1.79. The first-order valence-corrected chi connectivity index (χ1v) is 8.00. The molecule has 1 saturated heterocycles. The fourth-order valence-electron chi connectivity index (χ4n) is 2.79. The van der Waals surface area contributed by atoms with Gasteiger partial charge in [0, 0.05) is 25.6 Å². The lowest BCUT2D eigenvalue weighted by Crippen LogP contribution is -2.35. The number of carbonyl (C=O) groups is 1. The summed E-state index contributed by atoms with van der Waals surface area (Å²) in [5.41, 5.74) is 0.568. The molecule has 0 aliphatic carbocycles. The van der Waals surface area contributed by atoms with Gasteiger partial charge in [-0.1, -0.05) is 0 Å². The van der Waals surface area contributed by atoms with Crippen LogP contribution in [0.15, 0.2) is 30.5 Å². The first-order chi connectivity index (χ1) is 11.6. The Labute approximate surface area is 139 Å². The van der Waals surface area contributed by atoms with Crippen LogP contribution < -0.4 is 0 Å². The predicted molar refractivity (Wildman–Crippen MR) is 85.7 cm³/mol. The Hall–Kier alpha value is -2.41. The highest BCUT2D eigenvalue weighted by atomic mass is 19.1. The standard InChI is InChI=1S/C17H20FN3O3/c1-2-20(9-12-7-8-24-11-12)17(23)16-15(22)10-21(19-16)14-5-3-13(18)4-6-14/h3-6,10,12,22H,2,7-9,11H2,1H3. The lowest BCUT2D eigenvalue weighted by atomic mass is 10.1. The second kappa shape index (κ2) is 7.00. The molecule has 1 aromatic carbocycles. The van der Waals surface area contributed by atoms with Gasteiger partial charge in [0.05, 0.1) is 18.5 Å². The molecule has 1 aromatic heterocycles. The summed E-state index contributed by atoms with van der Waals surface area (Å²) >= 11 is 0. The fourth-order valence-corrected chi connectivity index (χ4v) is 2.79. The van der Waals surface area contributed by atoms with E-state index in [-0.39, 0.29) is 23.2 Å². The number of carbonyl (C=O) groups excluding carboxylic acids is 1. The van der Waals surface area contributed by atoms with Crippen LogP contribution in [-0.2, 0) is 4.74 Å². The maximum atomic E-state index is 13.0. The van der Waals surface area contributed by atoms with Gasteiger partial charge in [0.1, 0.15) is 5.82 Å². The maximum Gasteiger partial charge on any atom is 0.278 e. The number of aromatic nitrogens is 2. The van der Waals surface area contributed by atoms with E-state index >= 15 is 0 Å². The SMILES string of the molecule is CCN(CC1CCOC1)C(=O)c1nn(-c2ccc(F)cc2)cc1O. The molecule has 0 radical (unpaired) electrons. The summed E-state index contributed by atoms with van der Waals surface area (Å²) < 4.78 is 19.7. The molecule has 6 nitrogen and oxygen atoms in total. The zero-order valence-electron chi connectivity index (χ0n) is 13.5. The molecule has 128 valence electrons. The molecule has 0 saturated carbocycles. The van der Waals surface area contributed by atoms with Gasteiger partial charge in [0.15, 0.2) is 11.4 Å². The second-order valence-electron chi connectivity index (χ2n) is 5.86. The number of aromatic hydroxyl groups is 1. The van der Waals surface area contributed by atoms with E-state index in [9.17, 15) is 14.3 Å². The van der Waals surface area contributed by atoms with Gasteiger partial charge in [-0.3, -0.25) is 4.79 Å². The zero-order valence-corrected chi connectivity index (χ0v) is 13.5. The van der Waals surface area contributed by atoms with Gasteiger partial charge in [0.2, 0.25) is 0 Å². The van der Waals surface area contributed by atoms with Gasteiger partial charge in [0.25, 0.3) is 5.91 Å². The van der Waals surface area contributed by atoms with Crippen LogP contribution in [-0.4, -0.2) is 52.0 Å². The van der Waals surface area contributed by atoms with Crippen LogP contribution in [0.4, 0.5) is 4.39 Å². The molecule has 1 aliphatic heterocycles. The summed E-state index contributed by atoms with van der Waals surface area (Å²) in [7, 11) is 0. The van der Waals surface area contributed by atoms with Crippen molar-refractivity contribution >= 4 is 5.91 Å². The van der Waals surface area contributed by atoms with Gasteiger partial charge in [-0.2, -0.15) is 5.10 Å². The molecule has 1 amide bonds. The molecule has 1 unspecified atom stereocenters. The molecule has 3 rings (SSSR count). The molecule has 0 bridgehead atoms. The smallest absolute Gasteiger partial charge is 0.278 e. The molecule has 2 aromatic rings. The van der Waals surface area contributed by atoms with Gasteiger partial charge in [-0.25, -0.2) is 9.07 Å². The summed E-state index contributed by atoms with van der Waals surface area (Å²) in [6.45, 7) is 4.37. The van der Waals surface area contributed by atoms with E-state index in [1.54, 1.807) is 4.90 Å². The predicted octanol–water partition coefficient (Wildman–Crippen LogP) is 2.22. The topological polar surface area (TPSA) is 67.6 Å². The number of halogens is 1. The highest BCUT2D eigenvalue weighted by Crippen LogP contribution is 2.22. The molecular formula is C17H20FN3O3. The Morgan fingerprint density at radius 1 is 1.46 bits per heavy atom. The summed E-state index contributed by atoms with van der Waals surface area (Å²) in [5, 5.41) is 14.3. The van der Waals surface area contributed by atoms with E-state index in [0.29, 0.717) is 31.3 Å². The molecule has 2 heterocycles. The largest absolute Gasteiger partial charge is 0.504 e. The summed E-state index contributed by atoms with van der Waals surface area (Å²) in [4.78, 5) is 14.3. The first kappa shape index (κ1) is 16.4. The van der Waals surface area contributed by atoms with Crippen LogP contribution >= 0.6 is 0 Å². The third-order valence-corrected chi connectivity index (χ3v) is 4.16. The van der Waals surface area contributed by atoms with Gasteiger partial charge < -0.3 is 14.7 Å². The molecule has 7 heteroatoms. The van der Waals surface area contributed by atoms with E-state index in [1.165, 1.54) is 35.1 Å². The van der Waals surface area contributed by atoms with Gasteiger partial charge in [-0.05, 0) is 37.6 Å². The van der Waals surface area contributed by atoms with Gasteiger partial charge >= 0.3 is 0 Å². The summed E-state index contributed by atoms with van der Waals surface area (Å²) in [6.07, 6.45) is 2.28. The van der Waals surface area contributed by atoms with E-state index in [1.807, 2.05) is 6.92 Å². The highest BCUT2D eigenvalue weighted by molar-refractivity contribution is 5.94. The number of nitrogens with zero attached hydrogens (tertiary/aromatic N) is 3. The lowest BCUT2D eigenvalue weighted by Gasteiger charge is -2.22. The number of hydrogen-bond acceptors (Lipinski definition) is 4. The van der Waals surface area contributed by atoms with Crippen molar-refractivity contribution in [3.8, 4) is 11.4 Å². The van der Waals surface area contributed by atoms with Crippen molar-refractivity contribution in [3.63, 3.8) is 0 Å². The van der Waals surface area contributed by atoms with Crippen molar-refractivity contribution in [1.82, 2.24) is 14.7 Å². The van der Waals surface area contributed by atoms with E-state index in [0.717, 1.165) is 13.0 Å².